The molecule has 6 nitrogen and oxygen atoms in total. The van der Waals surface area contributed by atoms with Gasteiger partial charge in [-0.3, -0.25) is 0 Å². The minimum atomic E-state index is -0.363. The van der Waals surface area contributed by atoms with Crippen LogP contribution in [-0.2, 0) is 9.53 Å². The number of rotatable bonds is 3. The molecule has 1 aliphatic rings. The van der Waals surface area contributed by atoms with E-state index in [1.54, 1.807) is 4.68 Å². The second-order valence-corrected chi connectivity index (χ2v) is 5.76. The van der Waals surface area contributed by atoms with E-state index in [-0.39, 0.29) is 12.0 Å². The average molecular weight is 363 g/mol. The van der Waals surface area contributed by atoms with Gasteiger partial charge in [-0.1, -0.05) is 35.0 Å². The maximum atomic E-state index is 12.3. The van der Waals surface area contributed by atoms with Crippen LogP contribution in [0.25, 0.3) is 0 Å². The van der Waals surface area contributed by atoms with Crippen molar-refractivity contribution in [1.29, 1.82) is 0 Å². The first-order chi connectivity index (χ1) is 10.7. The molecule has 1 aromatic heterocycles. The van der Waals surface area contributed by atoms with E-state index in [4.69, 9.17) is 4.74 Å². The summed E-state index contributed by atoms with van der Waals surface area (Å²) in [5.74, 6) is 0.260. The zero-order valence-electron chi connectivity index (χ0n) is 12.2. The highest BCUT2D eigenvalue weighted by molar-refractivity contribution is 9.10. The third-order valence-electron chi connectivity index (χ3n) is 3.62. The smallest absolute Gasteiger partial charge is 0.338 e. The minimum Gasteiger partial charge on any atom is -0.466 e. The van der Waals surface area contributed by atoms with Crippen LogP contribution in [0.2, 0.25) is 0 Å². The van der Waals surface area contributed by atoms with Crippen LogP contribution < -0.4 is 5.32 Å². The fourth-order valence-electron chi connectivity index (χ4n) is 2.59. The lowest BCUT2D eigenvalue weighted by Gasteiger charge is -2.28. The highest BCUT2D eigenvalue weighted by Gasteiger charge is 2.34. The van der Waals surface area contributed by atoms with Crippen LogP contribution in [0.1, 0.15) is 24.9 Å². The Hall–Kier alpha value is -2.15. The number of nitrogens with zero attached hydrogens (tertiary/aromatic N) is 3. The van der Waals surface area contributed by atoms with E-state index >= 15 is 0 Å². The quantitative estimate of drug-likeness (QED) is 0.850. The molecule has 0 unspecified atom stereocenters. The van der Waals surface area contributed by atoms with E-state index in [9.17, 15) is 4.79 Å². The molecule has 0 fully saturated rings. The largest absolute Gasteiger partial charge is 0.466 e. The number of carbonyl (C=O) groups excluding carboxylic acids is 1. The number of allylic oxidation sites excluding steroid dienone is 1. The molecule has 2 aromatic rings. The Morgan fingerprint density at radius 2 is 2.14 bits per heavy atom. The van der Waals surface area contributed by atoms with Gasteiger partial charge in [0.1, 0.15) is 12.4 Å². The normalized spacial score (nSPS) is 17.0. The number of fused-ring (bicyclic) bond motifs is 1. The predicted molar refractivity (Wildman–Crippen MR) is 85.3 cm³/mol. The van der Waals surface area contributed by atoms with Crippen molar-refractivity contribution < 1.29 is 9.53 Å². The summed E-state index contributed by atoms with van der Waals surface area (Å²) in [5, 5.41) is 7.42. The number of anilines is 1. The summed E-state index contributed by atoms with van der Waals surface area (Å²) in [7, 11) is 1.39. The zero-order chi connectivity index (χ0) is 15.7. The molecule has 0 aliphatic carbocycles. The third-order valence-corrected chi connectivity index (χ3v) is 4.15. The number of hydrogen-bond acceptors (Lipinski definition) is 5. The van der Waals surface area contributed by atoms with Crippen LogP contribution in [0, 0.1) is 0 Å². The lowest BCUT2D eigenvalue weighted by molar-refractivity contribution is -0.136. The Balaban J connectivity index is 2.19. The maximum Gasteiger partial charge on any atom is 0.338 e. The van der Waals surface area contributed by atoms with Crippen molar-refractivity contribution in [3.8, 4) is 0 Å². The zero-order valence-corrected chi connectivity index (χ0v) is 13.8. The van der Waals surface area contributed by atoms with E-state index in [1.807, 2.05) is 31.2 Å². The van der Waals surface area contributed by atoms with Crippen molar-refractivity contribution in [3.63, 3.8) is 0 Å². The van der Waals surface area contributed by atoms with E-state index in [0.29, 0.717) is 17.9 Å². The Labute approximate surface area is 136 Å². The lowest BCUT2D eigenvalue weighted by Crippen LogP contribution is -2.29. The first kappa shape index (κ1) is 14.8. The van der Waals surface area contributed by atoms with Crippen LogP contribution in [0.15, 0.2) is 46.3 Å². The molecule has 1 aromatic carbocycles. The average Bonchev–Trinajstić information content (AvgIpc) is 3.01. The van der Waals surface area contributed by atoms with E-state index in [2.05, 4.69) is 31.3 Å². The molecular weight excluding hydrogens is 348 g/mol. The Morgan fingerprint density at radius 1 is 1.41 bits per heavy atom. The summed E-state index contributed by atoms with van der Waals surface area (Å²) in [5.41, 5.74) is 2.31. The number of nitrogens with one attached hydrogen (secondary N) is 1. The maximum absolute atomic E-state index is 12.3. The van der Waals surface area contributed by atoms with Gasteiger partial charge in [-0.15, -0.1) is 0 Å². The third kappa shape index (κ3) is 2.41. The monoisotopic (exact) mass is 362 g/mol. The molecule has 3 rings (SSSR count). The molecule has 1 N–H and O–H groups in total. The predicted octanol–water partition coefficient (Wildman–Crippen LogP) is 2.89. The number of carbonyl (C=O) groups is 1. The van der Waals surface area contributed by atoms with Gasteiger partial charge < -0.3 is 10.1 Å². The van der Waals surface area contributed by atoms with Gasteiger partial charge in [0, 0.05) is 10.2 Å². The first-order valence-corrected chi connectivity index (χ1v) is 7.68. The number of benzene rings is 1. The van der Waals surface area contributed by atoms with E-state index in [0.717, 1.165) is 15.7 Å². The number of esters is 1. The van der Waals surface area contributed by atoms with Crippen LogP contribution in [0.3, 0.4) is 0 Å². The number of ether oxygens (including phenoxy) is 1. The van der Waals surface area contributed by atoms with Crippen molar-refractivity contribution in [3.05, 3.63) is 51.9 Å². The summed E-state index contributed by atoms with van der Waals surface area (Å²) in [4.78, 5) is 16.5. The van der Waals surface area contributed by atoms with Crippen LogP contribution >= 0.6 is 15.9 Å². The van der Waals surface area contributed by atoms with Gasteiger partial charge in [0.05, 0.1) is 12.7 Å². The summed E-state index contributed by atoms with van der Waals surface area (Å²) < 4.78 is 7.66. The molecule has 22 heavy (non-hydrogen) atoms. The van der Waals surface area contributed by atoms with Crippen LogP contribution in [0.5, 0.6) is 0 Å². The second-order valence-electron chi connectivity index (χ2n) is 4.84. The topological polar surface area (TPSA) is 69.0 Å². The van der Waals surface area contributed by atoms with Crippen molar-refractivity contribution >= 4 is 27.8 Å². The molecule has 0 saturated heterocycles. The van der Waals surface area contributed by atoms with Crippen molar-refractivity contribution in [1.82, 2.24) is 14.8 Å². The molecular formula is C15H15BrN4O2. The Morgan fingerprint density at radius 3 is 2.77 bits per heavy atom. The fraction of sp³-hybridized carbons (Fsp3) is 0.267. The van der Waals surface area contributed by atoms with Gasteiger partial charge in [0.15, 0.2) is 0 Å². The Bertz CT molecular complexity index is 736. The van der Waals surface area contributed by atoms with Gasteiger partial charge in [-0.05, 0) is 24.1 Å². The molecule has 0 amide bonds. The SMILES string of the molecule is CCC1=C(C(=O)OC)[C@H](c2ccc(Br)cc2)n2ncnc2N1. The van der Waals surface area contributed by atoms with Gasteiger partial charge in [-0.25, -0.2) is 9.48 Å². The van der Waals surface area contributed by atoms with Crippen molar-refractivity contribution in [2.45, 2.75) is 19.4 Å². The van der Waals surface area contributed by atoms with Gasteiger partial charge in [-0.2, -0.15) is 10.1 Å². The number of hydrogen-bond donors (Lipinski definition) is 1. The summed E-state index contributed by atoms with van der Waals surface area (Å²) in [6, 6.07) is 7.45. The molecule has 7 heteroatoms. The summed E-state index contributed by atoms with van der Waals surface area (Å²) in [6.07, 6.45) is 2.14. The van der Waals surface area contributed by atoms with Crippen molar-refractivity contribution in [2.75, 3.05) is 12.4 Å². The second kappa shape index (κ2) is 5.92. The molecule has 114 valence electrons. The lowest BCUT2D eigenvalue weighted by atomic mass is 9.95. The van der Waals surface area contributed by atoms with Crippen molar-refractivity contribution in [2.24, 2.45) is 0 Å². The Kier molecular flexibility index (Phi) is 3.98. The molecule has 1 aliphatic heterocycles. The molecule has 1 atom stereocenters. The molecule has 0 bridgehead atoms. The van der Waals surface area contributed by atoms with Gasteiger partial charge >= 0.3 is 5.97 Å². The van der Waals surface area contributed by atoms with Gasteiger partial charge in [0.25, 0.3) is 0 Å². The van der Waals surface area contributed by atoms with Crippen LogP contribution in [0.4, 0.5) is 5.95 Å². The number of methoxy groups -OCH3 is 1. The highest BCUT2D eigenvalue weighted by atomic mass is 79.9. The summed E-state index contributed by atoms with van der Waals surface area (Å²) in [6.45, 7) is 1.98. The number of halogens is 1. The van der Waals surface area contributed by atoms with E-state index in [1.165, 1.54) is 13.4 Å². The molecule has 0 saturated carbocycles. The molecule has 0 spiro atoms. The fourth-order valence-corrected chi connectivity index (χ4v) is 2.86. The van der Waals surface area contributed by atoms with Gasteiger partial charge in [0.2, 0.25) is 5.95 Å². The number of aromatic nitrogens is 3. The minimum absolute atomic E-state index is 0.353. The molecule has 0 radical (unpaired) electrons. The van der Waals surface area contributed by atoms with Crippen LogP contribution in [-0.4, -0.2) is 27.8 Å². The first-order valence-electron chi connectivity index (χ1n) is 6.89. The van der Waals surface area contributed by atoms with E-state index < -0.39 is 0 Å². The summed E-state index contributed by atoms with van der Waals surface area (Å²) >= 11 is 3.43. The molecule has 2 heterocycles. The highest BCUT2D eigenvalue weighted by Crippen LogP contribution is 2.36. The standard InChI is InChI=1S/C15H15BrN4O2/c1-3-11-12(14(21)22-2)13(9-4-6-10(16)7-5-9)20-15(19-11)17-8-18-20/h4-8,13H,3H2,1-2H3,(H,17,18,19)/t13-/m0/s1.